The van der Waals surface area contributed by atoms with Crippen LogP contribution in [-0.4, -0.2) is 11.6 Å². The normalized spacial score (nSPS) is 31.3. The number of rotatable bonds is 0. The Morgan fingerprint density at radius 3 is 2.33 bits per heavy atom. The summed E-state index contributed by atoms with van der Waals surface area (Å²) in [5, 5.41) is 0. The van der Waals surface area contributed by atoms with E-state index in [1.807, 2.05) is 0 Å². The van der Waals surface area contributed by atoms with E-state index in [1.54, 1.807) is 0 Å². The van der Waals surface area contributed by atoms with Gasteiger partial charge in [-0.1, -0.05) is 5.87 Å². The van der Waals surface area contributed by atoms with E-state index in [-0.39, 0.29) is 10.7 Å². The second-order valence-electron chi connectivity index (χ2n) is 1.26. The molecule has 0 aromatic rings. The summed E-state index contributed by atoms with van der Waals surface area (Å²) in [6, 6.07) is 0. The summed E-state index contributed by atoms with van der Waals surface area (Å²) in [5.74, 6) is 4.72. The Labute approximate surface area is 40.1 Å². The van der Waals surface area contributed by atoms with E-state index in [9.17, 15) is 0 Å². The molecule has 0 N–H and O–H groups in total. The molecule has 0 amide bonds. The van der Waals surface area contributed by atoms with Crippen LogP contribution in [0.5, 0.6) is 0 Å². The minimum absolute atomic E-state index is 0.103. The van der Waals surface area contributed by atoms with Gasteiger partial charge in [-0.15, -0.1) is 6.58 Å². The Balaban J connectivity index is 2.47. The maximum absolute atomic E-state index is 3.94. The summed E-state index contributed by atoms with van der Waals surface area (Å²) in [7, 11) is 0.103. The van der Waals surface area contributed by atoms with Crippen molar-refractivity contribution in [3.05, 3.63) is 17.0 Å². The molecule has 1 unspecified atom stereocenters. The van der Waals surface area contributed by atoms with E-state index in [4.69, 9.17) is 0 Å². The molecule has 0 aromatic heterocycles. The lowest BCUT2D eigenvalue weighted by atomic mass is 10.6. The Morgan fingerprint density at radius 2 is 2.33 bits per heavy atom. The lowest BCUT2D eigenvalue weighted by Gasteiger charge is -2.40. The van der Waals surface area contributed by atoms with Gasteiger partial charge in [-0.3, -0.25) is 10.7 Å². The number of hydrogen-bond acceptors (Lipinski definition) is 0. The molecule has 0 saturated carbocycles. The monoisotopic (exact) mass is 100 g/mol. The predicted octanol–water partition coefficient (Wildman–Crippen LogP) is 1.50. The van der Waals surface area contributed by atoms with Crippen LogP contribution in [0.25, 0.3) is 4.72 Å². The van der Waals surface area contributed by atoms with Gasteiger partial charge in [0.05, 0.1) is 0 Å². The van der Waals surface area contributed by atoms with Crippen LogP contribution >= 0.6 is 10.7 Å². The lowest BCUT2D eigenvalue weighted by Crippen LogP contribution is -1.94. The fourth-order valence-corrected chi connectivity index (χ4v) is 1.09. The van der Waals surface area contributed by atoms with Crippen molar-refractivity contribution < 1.29 is 0 Å². The first-order valence-corrected chi connectivity index (χ1v) is 3.21. The van der Waals surface area contributed by atoms with Gasteiger partial charge in [0.15, 0.2) is 0 Å². The van der Waals surface area contributed by atoms with Gasteiger partial charge in [0.25, 0.3) is 0 Å². The third kappa shape index (κ3) is 0.476. The molecule has 0 aliphatic carbocycles. The Kier molecular flexibility index (Phi) is 0.733. The first kappa shape index (κ1) is 3.93. The summed E-state index contributed by atoms with van der Waals surface area (Å²) in [6.45, 7) is 3.61. The number of hydrogen-bond donors (Lipinski definition) is 0. The summed E-state index contributed by atoms with van der Waals surface area (Å²) in [6.07, 6.45) is 0. The van der Waals surface area contributed by atoms with Crippen LogP contribution in [0.1, 0.15) is 0 Å². The molecule has 1 heterocycles. The maximum Gasteiger partial charge on any atom is -0.0228 e. The van der Waals surface area contributed by atoms with Crippen molar-refractivity contribution in [3.63, 3.8) is 0 Å². The van der Waals surface area contributed by atoms with Crippen LogP contribution in [0.15, 0.2) is 12.3 Å². The third-order valence-electron chi connectivity index (χ3n) is 0.591. The summed E-state index contributed by atoms with van der Waals surface area (Å²) in [4.78, 5) is 0. The van der Waals surface area contributed by atoms with Crippen LogP contribution in [0, 0.1) is 0 Å². The molecule has 0 radical (unpaired) electrons. The van der Waals surface area contributed by atoms with E-state index in [0.717, 1.165) is 11.4 Å². The molecule has 1 rings (SSSR count). The van der Waals surface area contributed by atoms with Gasteiger partial charge < -0.3 is 4.72 Å². The predicted molar refractivity (Wildman–Crippen MR) is 32.1 cm³/mol. The Hall–Kier alpha value is -0.240. The van der Waals surface area contributed by atoms with E-state index in [1.165, 1.54) is 0 Å². The smallest absolute Gasteiger partial charge is 0.0228 e. The molecular weight excluding hydrogens is 94.1 g/mol. The van der Waals surface area contributed by atoms with E-state index >= 15 is 0 Å². The average Bonchev–Trinajstić information content (AvgIpc) is 1.33. The minimum atomic E-state index is 0.103. The Bertz CT molecular complexity index is 84.1. The third-order valence-corrected chi connectivity index (χ3v) is 1.77. The zero-order chi connectivity index (χ0) is 4.57. The van der Waals surface area contributed by atoms with Gasteiger partial charge in [0, 0.05) is 0 Å². The van der Waals surface area contributed by atoms with E-state index in [2.05, 4.69) is 17.2 Å². The average molecular weight is 100 g/mol. The van der Waals surface area contributed by atoms with Gasteiger partial charge >= 0.3 is 0 Å². The van der Waals surface area contributed by atoms with Gasteiger partial charge in [0.2, 0.25) is 0 Å². The first-order chi connectivity index (χ1) is 2.79. The maximum atomic E-state index is 3.94. The molecular formula is C4H6NS-. The molecule has 2 heteroatoms. The zero-order valence-electron chi connectivity index (χ0n) is 3.48. The fourth-order valence-electron chi connectivity index (χ4n) is 0.365. The van der Waals surface area contributed by atoms with Crippen LogP contribution in [0.4, 0.5) is 0 Å². The van der Waals surface area contributed by atoms with Crippen molar-refractivity contribution in [2.45, 2.75) is 0 Å². The SMILES string of the molecule is C=C1CS(=C)[N-]1. The molecule has 1 aliphatic heterocycles. The fraction of sp³-hybridized carbons (Fsp3) is 0.250. The lowest BCUT2D eigenvalue weighted by molar-refractivity contribution is 1.52. The van der Waals surface area contributed by atoms with Gasteiger partial charge in [-0.2, -0.15) is 5.70 Å². The van der Waals surface area contributed by atoms with Gasteiger partial charge in [0.1, 0.15) is 0 Å². The van der Waals surface area contributed by atoms with Crippen molar-refractivity contribution in [2.24, 2.45) is 0 Å². The van der Waals surface area contributed by atoms with Crippen molar-refractivity contribution in [3.8, 4) is 0 Å². The summed E-state index contributed by atoms with van der Waals surface area (Å²) in [5.41, 5.74) is 1.01. The highest BCUT2D eigenvalue weighted by Crippen LogP contribution is 2.38. The second-order valence-corrected chi connectivity index (χ2v) is 2.66. The molecule has 1 fully saturated rings. The topological polar surface area (TPSA) is 14.1 Å². The van der Waals surface area contributed by atoms with Crippen LogP contribution in [0.3, 0.4) is 0 Å². The largest absolute Gasteiger partial charge is 0.638 e. The summed E-state index contributed by atoms with van der Waals surface area (Å²) >= 11 is 0. The van der Waals surface area contributed by atoms with Crippen LogP contribution in [0.2, 0.25) is 0 Å². The Morgan fingerprint density at radius 1 is 1.83 bits per heavy atom. The van der Waals surface area contributed by atoms with Crippen LogP contribution < -0.4 is 0 Å². The van der Waals surface area contributed by atoms with Crippen LogP contribution in [-0.2, 0) is 0 Å². The summed E-state index contributed by atoms with van der Waals surface area (Å²) < 4.78 is 3.94. The van der Waals surface area contributed by atoms with Crippen molar-refractivity contribution in [1.82, 2.24) is 0 Å². The van der Waals surface area contributed by atoms with Gasteiger partial charge in [-0.05, 0) is 5.75 Å². The highest BCUT2D eigenvalue weighted by molar-refractivity contribution is 8.18. The minimum Gasteiger partial charge on any atom is -0.638 e. The van der Waals surface area contributed by atoms with E-state index in [0.29, 0.717) is 0 Å². The second kappa shape index (κ2) is 1.12. The highest BCUT2D eigenvalue weighted by Gasteiger charge is 1.88. The molecule has 1 aliphatic rings. The highest BCUT2D eigenvalue weighted by atomic mass is 32.2. The molecule has 0 aromatic carbocycles. The van der Waals surface area contributed by atoms with Crippen molar-refractivity contribution in [2.75, 3.05) is 5.75 Å². The van der Waals surface area contributed by atoms with E-state index < -0.39 is 0 Å². The first-order valence-electron chi connectivity index (χ1n) is 1.69. The standard InChI is InChI=1S/C4H6NS/c1-4-3-6(2)5-4/h1-3H2/q-1. The number of nitrogens with zero attached hydrogens (tertiary/aromatic N) is 1. The molecule has 34 valence electrons. The van der Waals surface area contributed by atoms with Crippen molar-refractivity contribution in [1.29, 1.82) is 0 Å². The quantitative estimate of drug-likeness (QED) is 0.410. The van der Waals surface area contributed by atoms with Crippen molar-refractivity contribution >= 4 is 16.5 Å². The zero-order valence-corrected chi connectivity index (χ0v) is 4.29. The van der Waals surface area contributed by atoms with Gasteiger partial charge in [-0.25, -0.2) is 0 Å². The molecule has 6 heavy (non-hydrogen) atoms. The molecule has 0 bridgehead atoms. The molecule has 1 nitrogen and oxygen atoms in total. The molecule has 0 spiro atoms. The molecule has 1 atom stereocenters. The molecule has 1 saturated heterocycles.